The van der Waals surface area contributed by atoms with Gasteiger partial charge in [-0.3, -0.25) is 0 Å². The van der Waals surface area contributed by atoms with Gasteiger partial charge in [0.2, 0.25) is 0 Å². The van der Waals surface area contributed by atoms with Crippen LogP contribution >= 0.6 is 22.9 Å². The number of esters is 1. The van der Waals surface area contributed by atoms with E-state index in [1.165, 1.54) is 10.2 Å². The lowest BCUT2D eigenvalue weighted by Crippen LogP contribution is -2.37. The van der Waals surface area contributed by atoms with Crippen molar-refractivity contribution in [1.29, 1.82) is 0 Å². The molecule has 0 fully saturated rings. The summed E-state index contributed by atoms with van der Waals surface area (Å²) in [5.74, 6) is -0.485. The first-order valence-corrected chi connectivity index (χ1v) is 6.26. The minimum atomic E-state index is -0.682. The van der Waals surface area contributed by atoms with Crippen molar-refractivity contribution < 1.29 is 19.1 Å². The molecular formula is C12H14INO4. The lowest BCUT2D eigenvalue weighted by Gasteiger charge is -2.19. The van der Waals surface area contributed by atoms with E-state index >= 15 is 0 Å². The smallest absolute Gasteiger partial charge is 0.419 e. The summed E-state index contributed by atoms with van der Waals surface area (Å²) in [5.41, 5.74) is 0.890. The fraction of sp³-hybridized carbons (Fsp3) is 0.333. The van der Waals surface area contributed by atoms with Gasteiger partial charge in [-0.05, 0) is 12.5 Å². The third-order valence-electron chi connectivity index (χ3n) is 2.26. The molecule has 0 aromatic heterocycles. The molecule has 0 unspecified atom stereocenters. The molecule has 1 rings (SSSR count). The summed E-state index contributed by atoms with van der Waals surface area (Å²) in [4.78, 5) is 22.9. The highest BCUT2D eigenvalue weighted by atomic mass is 127. The number of carbonyl (C=O) groups excluding carboxylic acids is 2. The van der Waals surface area contributed by atoms with Crippen molar-refractivity contribution in [3.05, 3.63) is 35.9 Å². The molecule has 1 aromatic rings. The molecule has 0 heterocycles. The number of methoxy groups -OCH3 is 1. The van der Waals surface area contributed by atoms with E-state index in [2.05, 4.69) is 4.74 Å². The number of benzene rings is 1. The summed E-state index contributed by atoms with van der Waals surface area (Å²) in [7, 11) is 1.28. The van der Waals surface area contributed by atoms with Crippen LogP contribution in [-0.2, 0) is 20.9 Å². The Morgan fingerprint density at radius 3 is 2.50 bits per heavy atom. The standard InChI is InChI=1S/C12H14INO4/c1-9(11(15)17-2)14(13)12(16)18-8-10-6-4-3-5-7-10/h3-7,9H,8H2,1-2H3/t9-/m0/s1. The number of amides is 1. The molecule has 0 bridgehead atoms. The first kappa shape index (κ1) is 14.7. The molecule has 1 aromatic carbocycles. The van der Waals surface area contributed by atoms with Crippen LogP contribution in [0, 0.1) is 0 Å². The minimum Gasteiger partial charge on any atom is -0.467 e. The molecule has 6 heteroatoms. The van der Waals surface area contributed by atoms with Gasteiger partial charge in [0, 0.05) is 0 Å². The molecule has 0 saturated carbocycles. The summed E-state index contributed by atoms with van der Waals surface area (Å²) in [6.07, 6.45) is -0.572. The molecule has 1 amide bonds. The molecule has 0 saturated heterocycles. The van der Waals surface area contributed by atoms with Crippen molar-refractivity contribution in [3.63, 3.8) is 0 Å². The molecule has 0 spiro atoms. The average Bonchev–Trinajstić information content (AvgIpc) is 2.43. The Bertz CT molecular complexity index is 410. The SMILES string of the molecule is COC(=O)[C@H](C)N(I)C(=O)OCc1ccccc1. The Hall–Kier alpha value is -1.31. The third kappa shape index (κ3) is 4.17. The fourth-order valence-corrected chi connectivity index (χ4v) is 1.57. The number of ether oxygens (including phenoxy) is 2. The van der Waals surface area contributed by atoms with Crippen molar-refractivity contribution in [2.24, 2.45) is 0 Å². The summed E-state index contributed by atoms with van der Waals surface area (Å²) < 4.78 is 10.8. The topological polar surface area (TPSA) is 55.8 Å². The van der Waals surface area contributed by atoms with Crippen molar-refractivity contribution in [3.8, 4) is 0 Å². The number of rotatable bonds is 4. The number of hydrogen-bond donors (Lipinski definition) is 0. The Morgan fingerprint density at radius 2 is 1.94 bits per heavy atom. The quantitative estimate of drug-likeness (QED) is 0.469. The number of nitrogens with zero attached hydrogens (tertiary/aromatic N) is 1. The maximum absolute atomic E-state index is 11.7. The zero-order valence-corrected chi connectivity index (χ0v) is 12.3. The number of halogens is 1. The minimum absolute atomic E-state index is 0.174. The molecule has 98 valence electrons. The van der Waals surface area contributed by atoms with E-state index in [4.69, 9.17) is 4.74 Å². The first-order chi connectivity index (χ1) is 8.56. The van der Waals surface area contributed by atoms with Crippen molar-refractivity contribution >= 4 is 34.9 Å². The normalized spacial score (nSPS) is 11.5. The second-order valence-corrected chi connectivity index (χ2v) is 4.59. The fourth-order valence-electron chi connectivity index (χ4n) is 1.20. The van der Waals surface area contributed by atoms with Crippen LogP contribution in [0.15, 0.2) is 30.3 Å². The lowest BCUT2D eigenvalue weighted by atomic mass is 10.2. The highest BCUT2D eigenvalue weighted by Crippen LogP contribution is 2.12. The van der Waals surface area contributed by atoms with Crippen molar-refractivity contribution in [2.45, 2.75) is 19.6 Å². The maximum Gasteiger partial charge on any atom is 0.419 e. The van der Waals surface area contributed by atoms with Crippen molar-refractivity contribution in [2.75, 3.05) is 7.11 Å². The van der Waals surface area contributed by atoms with Crippen LogP contribution in [0.1, 0.15) is 12.5 Å². The van der Waals surface area contributed by atoms with E-state index in [1.807, 2.05) is 30.3 Å². The average molecular weight is 363 g/mol. The zero-order chi connectivity index (χ0) is 13.5. The molecule has 0 radical (unpaired) electrons. The van der Waals surface area contributed by atoms with Gasteiger partial charge in [0.05, 0.1) is 30.0 Å². The van der Waals surface area contributed by atoms with Crippen LogP contribution in [0.3, 0.4) is 0 Å². The lowest BCUT2D eigenvalue weighted by molar-refractivity contribution is -0.143. The molecule has 18 heavy (non-hydrogen) atoms. The van der Waals surface area contributed by atoms with Crippen LogP contribution < -0.4 is 0 Å². The predicted molar refractivity (Wildman–Crippen MR) is 74.0 cm³/mol. The Labute approximate surface area is 120 Å². The van der Waals surface area contributed by atoms with Gasteiger partial charge in [-0.2, -0.15) is 0 Å². The van der Waals surface area contributed by atoms with E-state index < -0.39 is 18.1 Å². The molecule has 0 N–H and O–H groups in total. The van der Waals surface area contributed by atoms with Gasteiger partial charge >= 0.3 is 12.1 Å². The molecule has 1 atom stereocenters. The van der Waals surface area contributed by atoms with E-state index in [1.54, 1.807) is 29.8 Å². The van der Waals surface area contributed by atoms with E-state index in [-0.39, 0.29) is 6.61 Å². The highest BCUT2D eigenvalue weighted by molar-refractivity contribution is 14.1. The van der Waals surface area contributed by atoms with Crippen LogP contribution in [0.4, 0.5) is 4.79 Å². The number of carbonyl (C=O) groups is 2. The van der Waals surface area contributed by atoms with Crippen molar-refractivity contribution in [1.82, 2.24) is 3.11 Å². The highest BCUT2D eigenvalue weighted by Gasteiger charge is 2.25. The van der Waals surface area contributed by atoms with E-state index in [9.17, 15) is 9.59 Å². The number of hydrogen-bond acceptors (Lipinski definition) is 4. The second kappa shape index (κ2) is 7.20. The van der Waals surface area contributed by atoms with Gasteiger partial charge in [-0.15, -0.1) is 0 Å². The molecule has 0 aliphatic carbocycles. The maximum atomic E-state index is 11.7. The molecular weight excluding hydrogens is 349 g/mol. The summed E-state index contributed by atoms with van der Waals surface area (Å²) in [6.45, 7) is 1.75. The van der Waals surface area contributed by atoms with Gasteiger partial charge in [0.25, 0.3) is 0 Å². The second-order valence-electron chi connectivity index (χ2n) is 3.55. The summed E-state index contributed by atoms with van der Waals surface area (Å²) in [6, 6.07) is 8.64. The van der Waals surface area contributed by atoms with Crippen LogP contribution in [0.5, 0.6) is 0 Å². The predicted octanol–water partition coefficient (Wildman–Crippen LogP) is 2.54. The van der Waals surface area contributed by atoms with E-state index in [0.29, 0.717) is 0 Å². The molecule has 0 aliphatic rings. The Balaban J connectivity index is 2.48. The van der Waals surface area contributed by atoms with Gasteiger partial charge in [0.15, 0.2) is 0 Å². The van der Waals surface area contributed by atoms with Crippen LogP contribution in [0.2, 0.25) is 0 Å². The monoisotopic (exact) mass is 363 g/mol. The first-order valence-electron chi connectivity index (χ1n) is 5.29. The molecule has 0 aliphatic heterocycles. The Kier molecular flexibility index (Phi) is 5.90. The van der Waals surface area contributed by atoms with Crippen LogP contribution in [0.25, 0.3) is 0 Å². The largest absolute Gasteiger partial charge is 0.467 e. The van der Waals surface area contributed by atoms with Gasteiger partial charge in [-0.1, -0.05) is 30.3 Å². The Morgan fingerprint density at radius 1 is 1.33 bits per heavy atom. The van der Waals surface area contributed by atoms with Gasteiger partial charge in [-0.25, -0.2) is 12.7 Å². The molecule has 5 nitrogen and oxygen atoms in total. The van der Waals surface area contributed by atoms with Crippen LogP contribution in [-0.4, -0.2) is 28.3 Å². The third-order valence-corrected chi connectivity index (χ3v) is 3.49. The summed E-state index contributed by atoms with van der Waals surface area (Å²) in [5, 5.41) is 0. The van der Waals surface area contributed by atoms with Gasteiger partial charge in [0.1, 0.15) is 12.6 Å². The van der Waals surface area contributed by atoms with E-state index in [0.717, 1.165) is 5.56 Å². The van der Waals surface area contributed by atoms with Gasteiger partial charge < -0.3 is 9.47 Å². The summed E-state index contributed by atoms with van der Waals surface area (Å²) >= 11 is 1.73. The zero-order valence-electron chi connectivity index (χ0n) is 10.1.